The van der Waals surface area contributed by atoms with Crippen molar-refractivity contribution in [2.24, 2.45) is 5.92 Å². The van der Waals surface area contributed by atoms with Crippen LogP contribution in [0, 0.1) is 5.92 Å². The molecule has 0 aromatic heterocycles. The van der Waals surface area contributed by atoms with E-state index in [0.29, 0.717) is 12.6 Å². The fourth-order valence-corrected chi connectivity index (χ4v) is 1.99. The van der Waals surface area contributed by atoms with Gasteiger partial charge in [0.05, 0.1) is 6.54 Å². The zero-order valence-electron chi connectivity index (χ0n) is 10.7. The van der Waals surface area contributed by atoms with Crippen molar-refractivity contribution in [3.63, 3.8) is 0 Å². The Balaban J connectivity index is 1.95. The number of ketones is 1. The molecule has 1 aromatic rings. The first-order chi connectivity index (χ1) is 8.16. The van der Waals surface area contributed by atoms with Gasteiger partial charge in [-0.2, -0.15) is 0 Å². The summed E-state index contributed by atoms with van der Waals surface area (Å²) >= 11 is 0. The minimum Gasteiger partial charge on any atom is -0.293 e. The Morgan fingerprint density at radius 3 is 2.47 bits per heavy atom. The van der Waals surface area contributed by atoms with Crippen molar-refractivity contribution in [2.45, 2.75) is 32.7 Å². The molecule has 0 N–H and O–H groups in total. The van der Waals surface area contributed by atoms with Crippen LogP contribution in [-0.4, -0.2) is 29.8 Å². The topological polar surface area (TPSA) is 20.3 Å². The number of hydrogen-bond acceptors (Lipinski definition) is 2. The molecular weight excluding hydrogens is 210 g/mol. The fraction of sp³-hybridized carbons (Fsp3) is 0.533. The van der Waals surface area contributed by atoms with Crippen LogP contribution < -0.4 is 0 Å². The second kappa shape index (κ2) is 5.46. The molecule has 0 radical (unpaired) electrons. The van der Waals surface area contributed by atoms with Gasteiger partial charge < -0.3 is 0 Å². The lowest BCUT2D eigenvalue weighted by Gasteiger charge is -2.25. The predicted octanol–water partition coefficient (Wildman–Crippen LogP) is 2.99. The van der Waals surface area contributed by atoms with Gasteiger partial charge in [0.1, 0.15) is 0 Å². The highest BCUT2D eigenvalue weighted by molar-refractivity contribution is 5.97. The van der Waals surface area contributed by atoms with E-state index in [1.54, 1.807) is 0 Å². The van der Waals surface area contributed by atoms with E-state index in [1.807, 2.05) is 30.3 Å². The zero-order chi connectivity index (χ0) is 12.3. The Bertz CT molecular complexity index is 368. The molecule has 0 bridgehead atoms. The number of carbonyl (C=O) groups excluding carboxylic acids is 1. The first-order valence-corrected chi connectivity index (χ1v) is 6.49. The predicted molar refractivity (Wildman–Crippen MR) is 70.2 cm³/mol. The van der Waals surface area contributed by atoms with E-state index in [1.165, 1.54) is 12.8 Å². The average molecular weight is 231 g/mol. The van der Waals surface area contributed by atoms with E-state index in [4.69, 9.17) is 0 Å². The molecule has 2 heteroatoms. The van der Waals surface area contributed by atoms with Gasteiger partial charge in [0.2, 0.25) is 0 Å². The van der Waals surface area contributed by atoms with E-state index in [2.05, 4.69) is 18.7 Å². The van der Waals surface area contributed by atoms with Gasteiger partial charge in [-0.25, -0.2) is 0 Å². The Labute approximate surface area is 104 Å². The summed E-state index contributed by atoms with van der Waals surface area (Å²) in [7, 11) is 0. The standard InChI is InChI=1S/C15H21NO/c1-12(2)16(10-13-8-9-13)11-15(17)14-6-4-3-5-7-14/h3-7,12-13H,8-11H2,1-2H3. The van der Waals surface area contributed by atoms with Crippen molar-refractivity contribution in [1.29, 1.82) is 0 Å². The largest absolute Gasteiger partial charge is 0.293 e. The maximum Gasteiger partial charge on any atom is 0.176 e. The molecular formula is C15H21NO. The molecule has 1 aliphatic carbocycles. The first kappa shape index (κ1) is 12.3. The summed E-state index contributed by atoms with van der Waals surface area (Å²) in [6.45, 7) is 5.97. The molecule has 1 aliphatic rings. The van der Waals surface area contributed by atoms with Crippen molar-refractivity contribution >= 4 is 5.78 Å². The maximum absolute atomic E-state index is 12.1. The number of nitrogens with zero attached hydrogens (tertiary/aromatic N) is 1. The molecule has 0 atom stereocenters. The maximum atomic E-state index is 12.1. The van der Waals surface area contributed by atoms with Crippen LogP contribution in [0.15, 0.2) is 30.3 Å². The van der Waals surface area contributed by atoms with Crippen LogP contribution in [0.3, 0.4) is 0 Å². The molecule has 2 nitrogen and oxygen atoms in total. The highest BCUT2D eigenvalue weighted by atomic mass is 16.1. The third-order valence-electron chi connectivity index (χ3n) is 3.36. The van der Waals surface area contributed by atoms with Gasteiger partial charge in [0, 0.05) is 18.2 Å². The van der Waals surface area contributed by atoms with Crippen molar-refractivity contribution in [3.8, 4) is 0 Å². The molecule has 17 heavy (non-hydrogen) atoms. The molecule has 0 unspecified atom stereocenters. The highest BCUT2D eigenvalue weighted by Gasteiger charge is 2.26. The lowest BCUT2D eigenvalue weighted by Crippen LogP contribution is -2.37. The molecule has 1 saturated carbocycles. The Kier molecular flexibility index (Phi) is 3.95. The number of rotatable bonds is 6. The minimum atomic E-state index is 0.236. The quantitative estimate of drug-likeness (QED) is 0.701. The molecule has 0 saturated heterocycles. The lowest BCUT2D eigenvalue weighted by molar-refractivity contribution is 0.0901. The van der Waals surface area contributed by atoms with Crippen LogP contribution >= 0.6 is 0 Å². The first-order valence-electron chi connectivity index (χ1n) is 6.49. The van der Waals surface area contributed by atoms with E-state index in [0.717, 1.165) is 18.0 Å². The Hall–Kier alpha value is -1.15. The van der Waals surface area contributed by atoms with Crippen LogP contribution in [-0.2, 0) is 0 Å². The summed E-state index contributed by atoms with van der Waals surface area (Å²) in [5.74, 6) is 1.07. The van der Waals surface area contributed by atoms with Gasteiger partial charge in [-0.3, -0.25) is 9.69 Å². The van der Waals surface area contributed by atoms with Crippen LogP contribution in [0.1, 0.15) is 37.0 Å². The normalized spacial score (nSPS) is 15.5. The van der Waals surface area contributed by atoms with Crippen LogP contribution in [0.4, 0.5) is 0 Å². The monoisotopic (exact) mass is 231 g/mol. The summed E-state index contributed by atoms with van der Waals surface area (Å²) in [5, 5.41) is 0. The third kappa shape index (κ3) is 3.67. The zero-order valence-corrected chi connectivity index (χ0v) is 10.7. The van der Waals surface area contributed by atoms with Crippen molar-refractivity contribution in [3.05, 3.63) is 35.9 Å². The highest BCUT2D eigenvalue weighted by Crippen LogP contribution is 2.30. The van der Waals surface area contributed by atoms with Gasteiger partial charge >= 0.3 is 0 Å². The number of benzene rings is 1. The van der Waals surface area contributed by atoms with Gasteiger partial charge in [-0.1, -0.05) is 30.3 Å². The number of carbonyl (C=O) groups is 1. The number of hydrogen-bond donors (Lipinski definition) is 0. The molecule has 0 amide bonds. The Morgan fingerprint density at radius 1 is 1.29 bits per heavy atom. The van der Waals surface area contributed by atoms with Crippen LogP contribution in [0.25, 0.3) is 0 Å². The van der Waals surface area contributed by atoms with Crippen molar-refractivity contribution < 1.29 is 4.79 Å². The summed E-state index contributed by atoms with van der Waals surface area (Å²) in [4.78, 5) is 14.4. The van der Waals surface area contributed by atoms with Crippen molar-refractivity contribution in [2.75, 3.05) is 13.1 Å². The van der Waals surface area contributed by atoms with Crippen LogP contribution in [0.2, 0.25) is 0 Å². The summed E-state index contributed by atoms with van der Waals surface area (Å²) in [5.41, 5.74) is 0.828. The molecule has 1 aromatic carbocycles. The fourth-order valence-electron chi connectivity index (χ4n) is 1.99. The smallest absolute Gasteiger partial charge is 0.176 e. The molecule has 92 valence electrons. The van der Waals surface area contributed by atoms with Gasteiger partial charge in [0.25, 0.3) is 0 Å². The SMILES string of the molecule is CC(C)N(CC(=O)c1ccccc1)CC1CC1. The third-order valence-corrected chi connectivity index (χ3v) is 3.36. The van der Waals surface area contributed by atoms with E-state index in [9.17, 15) is 4.79 Å². The lowest BCUT2D eigenvalue weighted by atomic mass is 10.1. The molecule has 0 heterocycles. The molecule has 1 fully saturated rings. The van der Waals surface area contributed by atoms with Gasteiger partial charge in [-0.15, -0.1) is 0 Å². The molecule has 0 aliphatic heterocycles. The number of Topliss-reactive ketones (excluding diaryl/α,β-unsaturated/α-hetero) is 1. The molecule has 2 rings (SSSR count). The molecule has 0 spiro atoms. The van der Waals surface area contributed by atoms with E-state index < -0.39 is 0 Å². The van der Waals surface area contributed by atoms with E-state index in [-0.39, 0.29) is 5.78 Å². The summed E-state index contributed by atoms with van der Waals surface area (Å²) in [6, 6.07) is 10.0. The second-order valence-electron chi connectivity index (χ2n) is 5.26. The van der Waals surface area contributed by atoms with E-state index >= 15 is 0 Å². The average Bonchev–Trinajstić information content (AvgIpc) is 3.13. The summed E-state index contributed by atoms with van der Waals surface area (Å²) < 4.78 is 0. The van der Waals surface area contributed by atoms with Crippen LogP contribution in [0.5, 0.6) is 0 Å². The Morgan fingerprint density at radius 2 is 1.94 bits per heavy atom. The van der Waals surface area contributed by atoms with Gasteiger partial charge in [0.15, 0.2) is 5.78 Å². The second-order valence-corrected chi connectivity index (χ2v) is 5.26. The minimum absolute atomic E-state index is 0.236. The summed E-state index contributed by atoms with van der Waals surface area (Å²) in [6.07, 6.45) is 2.67. The van der Waals surface area contributed by atoms with Gasteiger partial charge in [-0.05, 0) is 32.6 Å². The van der Waals surface area contributed by atoms with Crippen molar-refractivity contribution in [1.82, 2.24) is 4.90 Å².